The van der Waals surface area contributed by atoms with E-state index in [1.54, 1.807) is 22.6 Å². The Labute approximate surface area is 179 Å². The zero-order chi connectivity index (χ0) is 21.5. The SMILES string of the molecule is Cc1ccc(S(=O)(=O)N(Cc2nccn2Cc2c(C)cc(C)cc2C)C2CC2)cc1. The first kappa shape index (κ1) is 20.8. The quantitative estimate of drug-likeness (QED) is 0.561. The molecule has 3 aromatic rings. The second kappa shape index (κ2) is 8.00. The predicted octanol–water partition coefficient (Wildman–Crippen LogP) is 4.52. The van der Waals surface area contributed by atoms with Gasteiger partial charge in [-0.1, -0.05) is 35.4 Å². The van der Waals surface area contributed by atoms with Crippen LogP contribution in [0.5, 0.6) is 0 Å². The maximum Gasteiger partial charge on any atom is 0.243 e. The topological polar surface area (TPSA) is 55.2 Å². The first-order valence-corrected chi connectivity index (χ1v) is 11.8. The summed E-state index contributed by atoms with van der Waals surface area (Å²) in [5.74, 6) is 0.775. The Bertz CT molecular complexity index is 1140. The second-order valence-corrected chi connectivity index (χ2v) is 10.3. The summed E-state index contributed by atoms with van der Waals surface area (Å²) in [6.45, 7) is 9.31. The molecule has 0 saturated heterocycles. The lowest BCUT2D eigenvalue weighted by molar-refractivity contribution is 0.383. The molecule has 1 aliphatic carbocycles. The molecular formula is C24H29N3O2S. The van der Waals surface area contributed by atoms with Crippen LogP contribution in [0.1, 0.15) is 46.5 Å². The van der Waals surface area contributed by atoms with Crippen molar-refractivity contribution in [3.8, 4) is 0 Å². The molecule has 6 heteroatoms. The largest absolute Gasteiger partial charge is 0.329 e. The van der Waals surface area contributed by atoms with E-state index in [0.717, 1.165) is 24.2 Å². The van der Waals surface area contributed by atoms with Gasteiger partial charge in [0.25, 0.3) is 0 Å². The third kappa shape index (κ3) is 4.20. The molecule has 0 unspecified atom stereocenters. The van der Waals surface area contributed by atoms with Crippen molar-refractivity contribution in [1.82, 2.24) is 13.9 Å². The van der Waals surface area contributed by atoms with E-state index in [4.69, 9.17) is 0 Å². The molecule has 0 spiro atoms. The summed E-state index contributed by atoms with van der Waals surface area (Å²) in [5, 5.41) is 0. The van der Waals surface area contributed by atoms with Gasteiger partial charge in [-0.25, -0.2) is 13.4 Å². The van der Waals surface area contributed by atoms with Gasteiger partial charge in [-0.05, 0) is 69.4 Å². The van der Waals surface area contributed by atoms with Crippen molar-refractivity contribution >= 4 is 10.0 Å². The number of sulfonamides is 1. The zero-order valence-electron chi connectivity index (χ0n) is 18.1. The Morgan fingerprint density at radius 3 is 2.23 bits per heavy atom. The molecule has 0 bridgehead atoms. The minimum Gasteiger partial charge on any atom is -0.329 e. The van der Waals surface area contributed by atoms with Gasteiger partial charge in [0.05, 0.1) is 11.4 Å². The predicted molar refractivity (Wildman–Crippen MR) is 119 cm³/mol. The number of nitrogens with zero attached hydrogens (tertiary/aromatic N) is 3. The van der Waals surface area contributed by atoms with Gasteiger partial charge >= 0.3 is 0 Å². The van der Waals surface area contributed by atoms with Crippen LogP contribution in [0.3, 0.4) is 0 Å². The molecule has 0 N–H and O–H groups in total. The van der Waals surface area contributed by atoms with Crippen molar-refractivity contribution in [2.24, 2.45) is 0 Å². The molecule has 0 amide bonds. The van der Waals surface area contributed by atoms with Crippen LogP contribution in [0.15, 0.2) is 53.7 Å². The van der Waals surface area contributed by atoms with Crippen LogP contribution < -0.4 is 0 Å². The van der Waals surface area contributed by atoms with E-state index in [1.807, 2.05) is 25.3 Å². The van der Waals surface area contributed by atoms with Gasteiger partial charge in [-0.3, -0.25) is 0 Å². The highest BCUT2D eigenvalue weighted by Crippen LogP contribution is 2.33. The fourth-order valence-electron chi connectivity index (χ4n) is 4.02. The van der Waals surface area contributed by atoms with Gasteiger partial charge in [-0.15, -0.1) is 0 Å². The number of imidazole rings is 1. The highest BCUT2D eigenvalue weighted by atomic mass is 32.2. The molecule has 1 aromatic heterocycles. The van der Waals surface area contributed by atoms with Crippen LogP contribution >= 0.6 is 0 Å². The lowest BCUT2D eigenvalue weighted by Gasteiger charge is -2.22. The van der Waals surface area contributed by atoms with Gasteiger partial charge < -0.3 is 4.57 Å². The van der Waals surface area contributed by atoms with Crippen molar-refractivity contribution in [3.63, 3.8) is 0 Å². The molecule has 158 valence electrons. The Hall–Kier alpha value is -2.44. The molecule has 1 saturated carbocycles. The number of hydrogen-bond acceptors (Lipinski definition) is 3. The minimum atomic E-state index is -3.56. The van der Waals surface area contributed by atoms with Gasteiger partial charge in [0.2, 0.25) is 10.0 Å². The molecule has 30 heavy (non-hydrogen) atoms. The lowest BCUT2D eigenvalue weighted by atomic mass is 10.00. The fraction of sp³-hybridized carbons (Fsp3) is 0.375. The fourth-order valence-corrected chi connectivity index (χ4v) is 5.66. The smallest absolute Gasteiger partial charge is 0.243 e. The average molecular weight is 424 g/mol. The Balaban J connectivity index is 1.63. The molecule has 5 nitrogen and oxygen atoms in total. The number of benzene rings is 2. The van der Waals surface area contributed by atoms with Crippen LogP contribution in [-0.2, 0) is 23.1 Å². The van der Waals surface area contributed by atoms with Crippen molar-refractivity contribution in [2.45, 2.75) is 64.6 Å². The maximum absolute atomic E-state index is 13.4. The number of rotatable bonds is 7. The summed E-state index contributed by atoms with van der Waals surface area (Å²) in [6.07, 6.45) is 5.51. The third-order valence-electron chi connectivity index (χ3n) is 5.85. The van der Waals surface area contributed by atoms with E-state index >= 15 is 0 Å². The summed E-state index contributed by atoms with van der Waals surface area (Å²) in [6, 6.07) is 11.5. The van der Waals surface area contributed by atoms with E-state index in [-0.39, 0.29) is 12.6 Å². The normalized spacial score (nSPS) is 14.4. The molecular weight excluding hydrogens is 394 g/mol. The van der Waals surface area contributed by atoms with Gasteiger partial charge in [0, 0.05) is 25.0 Å². The summed E-state index contributed by atoms with van der Waals surface area (Å²) in [4.78, 5) is 4.87. The molecule has 4 rings (SSSR count). The highest BCUT2D eigenvalue weighted by Gasteiger charge is 2.38. The number of hydrogen-bond donors (Lipinski definition) is 0. The lowest BCUT2D eigenvalue weighted by Crippen LogP contribution is -2.33. The zero-order valence-corrected chi connectivity index (χ0v) is 18.9. The van der Waals surface area contributed by atoms with Gasteiger partial charge in [0.1, 0.15) is 5.82 Å². The van der Waals surface area contributed by atoms with Crippen molar-refractivity contribution in [1.29, 1.82) is 0 Å². The molecule has 2 aromatic carbocycles. The highest BCUT2D eigenvalue weighted by molar-refractivity contribution is 7.89. The summed E-state index contributed by atoms with van der Waals surface area (Å²) in [5.41, 5.74) is 6.06. The van der Waals surface area contributed by atoms with Crippen LogP contribution in [0.25, 0.3) is 0 Å². The first-order chi connectivity index (χ1) is 14.3. The summed E-state index contributed by atoms with van der Waals surface area (Å²) < 4.78 is 30.4. The summed E-state index contributed by atoms with van der Waals surface area (Å²) >= 11 is 0. The minimum absolute atomic E-state index is 0.0595. The van der Waals surface area contributed by atoms with Gasteiger partial charge in [0.15, 0.2) is 0 Å². The van der Waals surface area contributed by atoms with Crippen LogP contribution in [0.4, 0.5) is 0 Å². The second-order valence-electron chi connectivity index (χ2n) is 8.44. The standard InChI is InChI=1S/C24H29N3O2S/c1-17-5-9-22(10-6-17)30(28,29)27(21-7-8-21)16-24-25-11-12-26(24)15-23-19(3)13-18(2)14-20(23)4/h5-6,9-14,21H,7-8,15-16H2,1-4H3. The maximum atomic E-state index is 13.4. The van der Waals surface area contributed by atoms with E-state index in [0.29, 0.717) is 11.4 Å². The molecule has 0 atom stereocenters. The Morgan fingerprint density at radius 1 is 1.00 bits per heavy atom. The molecule has 1 aliphatic rings. The molecule has 1 heterocycles. The van der Waals surface area contributed by atoms with Crippen molar-refractivity contribution in [2.75, 3.05) is 0 Å². The monoisotopic (exact) mass is 423 g/mol. The van der Waals surface area contributed by atoms with Crippen molar-refractivity contribution in [3.05, 3.63) is 82.4 Å². The molecule has 1 fully saturated rings. The molecule has 0 aliphatic heterocycles. The van der Waals surface area contributed by atoms with Gasteiger partial charge in [-0.2, -0.15) is 4.31 Å². The third-order valence-corrected chi connectivity index (χ3v) is 7.76. The Kier molecular flexibility index (Phi) is 5.55. The average Bonchev–Trinajstić information content (AvgIpc) is 3.42. The van der Waals surface area contributed by atoms with Crippen LogP contribution in [0, 0.1) is 27.7 Å². The van der Waals surface area contributed by atoms with Crippen molar-refractivity contribution < 1.29 is 8.42 Å². The summed E-state index contributed by atoms with van der Waals surface area (Å²) in [7, 11) is -3.56. The van der Waals surface area contributed by atoms with Crippen LogP contribution in [-0.4, -0.2) is 28.3 Å². The van der Waals surface area contributed by atoms with E-state index < -0.39 is 10.0 Å². The van der Waals surface area contributed by atoms with Crippen LogP contribution in [0.2, 0.25) is 0 Å². The number of aryl methyl sites for hydroxylation is 4. The number of aromatic nitrogens is 2. The van der Waals surface area contributed by atoms with E-state index in [2.05, 4.69) is 42.5 Å². The molecule has 0 radical (unpaired) electrons. The van der Waals surface area contributed by atoms with E-state index in [1.165, 1.54) is 22.3 Å². The van der Waals surface area contributed by atoms with E-state index in [9.17, 15) is 8.42 Å². The first-order valence-electron chi connectivity index (χ1n) is 10.4. The Morgan fingerprint density at radius 2 is 1.63 bits per heavy atom.